The summed E-state index contributed by atoms with van der Waals surface area (Å²) in [6.07, 6.45) is 0. The summed E-state index contributed by atoms with van der Waals surface area (Å²) in [6.45, 7) is 5.66. The van der Waals surface area contributed by atoms with Gasteiger partial charge in [-0.15, -0.1) is 0 Å². The molecule has 1 rings (SSSR count). The van der Waals surface area contributed by atoms with E-state index in [4.69, 9.17) is 5.11 Å². The summed E-state index contributed by atoms with van der Waals surface area (Å²) in [7, 11) is -3.46. The minimum Gasteiger partial charge on any atom is -0.478 e. The molecule has 1 aromatic rings. The zero-order valence-electron chi connectivity index (χ0n) is 11.3. The van der Waals surface area contributed by atoms with Crippen LogP contribution in [0.15, 0.2) is 24.3 Å². The predicted molar refractivity (Wildman–Crippen MR) is 73.5 cm³/mol. The zero-order valence-corrected chi connectivity index (χ0v) is 12.1. The number of hydrogen-bond acceptors (Lipinski definition) is 3. The molecule has 0 amide bonds. The molecule has 0 spiro atoms. The fourth-order valence-corrected chi connectivity index (χ4v) is 3.01. The van der Waals surface area contributed by atoms with Crippen LogP contribution in [0.1, 0.15) is 36.7 Å². The van der Waals surface area contributed by atoms with E-state index in [1.807, 2.05) is 13.8 Å². The topological polar surface area (TPSA) is 83.5 Å². The Kier molecular flexibility index (Phi) is 5.08. The van der Waals surface area contributed by atoms with Crippen LogP contribution in [0.5, 0.6) is 0 Å². The first-order valence-electron chi connectivity index (χ1n) is 6.03. The highest BCUT2D eigenvalue weighted by Crippen LogP contribution is 2.10. The van der Waals surface area contributed by atoms with Crippen molar-refractivity contribution in [2.45, 2.75) is 32.6 Å². The van der Waals surface area contributed by atoms with Gasteiger partial charge in [0.25, 0.3) is 0 Å². The molecule has 0 aliphatic heterocycles. The van der Waals surface area contributed by atoms with Gasteiger partial charge in [-0.2, -0.15) is 0 Å². The summed E-state index contributed by atoms with van der Waals surface area (Å²) >= 11 is 0. The van der Waals surface area contributed by atoms with Crippen LogP contribution >= 0.6 is 0 Å². The van der Waals surface area contributed by atoms with E-state index in [1.165, 1.54) is 12.1 Å². The molecule has 1 aromatic carbocycles. The third kappa shape index (κ3) is 5.00. The Morgan fingerprint density at radius 3 is 2.47 bits per heavy atom. The highest BCUT2D eigenvalue weighted by molar-refractivity contribution is 7.88. The van der Waals surface area contributed by atoms with Gasteiger partial charge in [0, 0.05) is 6.04 Å². The van der Waals surface area contributed by atoms with Crippen LogP contribution in [-0.4, -0.2) is 25.5 Å². The number of benzene rings is 1. The number of carboxylic acid groups (broad SMARTS) is 1. The average Bonchev–Trinajstić information content (AvgIpc) is 2.27. The van der Waals surface area contributed by atoms with Gasteiger partial charge in [0.2, 0.25) is 10.0 Å². The van der Waals surface area contributed by atoms with Crippen LogP contribution in [0.3, 0.4) is 0 Å². The molecule has 0 aliphatic rings. The first kappa shape index (κ1) is 15.7. The van der Waals surface area contributed by atoms with E-state index in [9.17, 15) is 13.2 Å². The molecule has 1 atom stereocenters. The van der Waals surface area contributed by atoms with Crippen molar-refractivity contribution in [2.24, 2.45) is 5.92 Å². The van der Waals surface area contributed by atoms with Gasteiger partial charge >= 0.3 is 5.97 Å². The molecule has 2 N–H and O–H groups in total. The zero-order chi connectivity index (χ0) is 14.6. The maximum absolute atomic E-state index is 11.9. The minimum absolute atomic E-state index is 0.0876. The quantitative estimate of drug-likeness (QED) is 0.835. The molecule has 0 saturated heterocycles. The summed E-state index contributed by atoms with van der Waals surface area (Å²) in [4.78, 5) is 10.8. The van der Waals surface area contributed by atoms with E-state index < -0.39 is 16.0 Å². The van der Waals surface area contributed by atoms with Crippen molar-refractivity contribution in [1.29, 1.82) is 0 Å². The van der Waals surface area contributed by atoms with Crippen LogP contribution in [0, 0.1) is 5.92 Å². The van der Waals surface area contributed by atoms with Gasteiger partial charge in [0.1, 0.15) is 0 Å². The molecular formula is C13H19NO4S. The van der Waals surface area contributed by atoms with E-state index in [-0.39, 0.29) is 23.3 Å². The Bertz CT molecular complexity index is 552. The standard InChI is InChI=1S/C13H19NO4S/c1-9(2)10(3)14-19(17,18)8-11-5-4-6-12(7-11)13(15)16/h4-7,9-10,14H,8H2,1-3H3,(H,15,16). The molecule has 0 aliphatic carbocycles. The molecule has 5 nitrogen and oxygen atoms in total. The van der Waals surface area contributed by atoms with Crippen molar-refractivity contribution >= 4 is 16.0 Å². The maximum atomic E-state index is 11.9. The molecule has 0 fully saturated rings. The fraction of sp³-hybridized carbons (Fsp3) is 0.462. The lowest BCUT2D eigenvalue weighted by Gasteiger charge is -2.17. The smallest absolute Gasteiger partial charge is 0.335 e. The normalized spacial score (nSPS) is 13.5. The summed E-state index contributed by atoms with van der Waals surface area (Å²) < 4.78 is 26.5. The van der Waals surface area contributed by atoms with Crippen molar-refractivity contribution in [2.75, 3.05) is 0 Å². The minimum atomic E-state index is -3.46. The van der Waals surface area contributed by atoms with Crippen LogP contribution in [0.4, 0.5) is 0 Å². The lowest BCUT2D eigenvalue weighted by molar-refractivity contribution is 0.0696. The Balaban J connectivity index is 2.84. The van der Waals surface area contributed by atoms with E-state index in [0.29, 0.717) is 5.56 Å². The van der Waals surface area contributed by atoms with Gasteiger partial charge < -0.3 is 5.11 Å². The molecule has 0 bridgehead atoms. The second-order valence-corrected chi connectivity index (χ2v) is 6.67. The molecule has 0 saturated carbocycles. The molecule has 19 heavy (non-hydrogen) atoms. The number of hydrogen-bond donors (Lipinski definition) is 2. The third-order valence-electron chi connectivity index (χ3n) is 2.90. The van der Waals surface area contributed by atoms with Crippen LogP contribution in [-0.2, 0) is 15.8 Å². The van der Waals surface area contributed by atoms with E-state index in [1.54, 1.807) is 19.1 Å². The van der Waals surface area contributed by atoms with Gasteiger partial charge in [-0.1, -0.05) is 26.0 Å². The number of carbonyl (C=O) groups is 1. The van der Waals surface area contributed by atoms with Gasteiger partial charge in [0.05, 0.1) is 11.3 Å². The van der Waals surface area contributed by atoms with Crippen molar-refractivity contribution in [3.8, 4) is 0 Å². The Labute approximate surface area is 113 Å². The van der Waals surface area contributed by atoms with Crippen LogP contribution in [0.25, 0.3) is 0 Å². The highest BCUT2D eigenvalue weighted by Gasteiger charge is 2.17. The average molecular weight is 285 g/mol. The second kappa shape index (κ2) is 6.16. The summed E-state index contributed by atoms with van der Waals surface area (Å²) in [5.74, 6) is -1.09. The van der Waals surface area contributed by atoms with Gasteiger partial charge in [-0.3, -0.25) is 0 Å². The van der Waals surface area contributed by atoms with Gasteiger partial charge in [0.15, 0.2) is 0 Å². The van der Waals surface area contributed by atoms with Crippen molar-refractivity contribution < 1.29 is 18.3 Å². The number of aromatic carboxylic acids is 1. The largest absolute Gasteiger partial charge is 0.478 e. The first-order valence-corrected chi connectivity index (χ1v) is 7.69. The van der Waals surface area contributed by atoms with E-state index in [0.717, 1.165) is 0 Å². The number of rotatable bonds is 6. The number of carboxylic acids is 1. The number of nitrogens with one attached hydrogen (secondary N) is 1. The Morgan fingerprint density at radius 2 is 1.95 bits per heavy atom. The van der Waals surface area contributed by atoms with Crippen LogP contribution in [0.2, 0.25) is 0 Å². The van der Waals surface area contributed by atoms with E-state index in [2.05, 4.69) is 4.72 Å². The van der Waals surface area contributed by atoms with Crippen LogP contribution < -0.4 is 4.72 Å². The molecular weight excluding hydrogens is 266 g/mol. The molecule has 0 aromatic heterocycles. The number of sulfonamides is 1. The van der Waals surface area contributed by atoms with Crippen molar-refractivity contribution in [3.05, 3.63) is 35.4 Å². The van der Waals surface area contributed by atoms with Crippen molar-refractivity contribution in [1.82, 2.24) is 4.72 Å². The molecule has 106 valence electrons. The summed E-state index contributed by atoms with van der Waals surface area (Å²) in [5.41, 5.74) is 0.549. The van der Waals surface area contributed by atoms with Gasteiger partial charge in [-0.25, -0.2) is 17.9 Å². The molecule has 1 unspecified atom stereocenters. The van der Waals surface area contributed by atoms with Crippen molar-refractivity contribution in [3.63, 3.8) is 0 Å². The lowest BCUT2D eigenvalue weighted by atomic mass is 10.1. The predicted octanol–water partition coefficient (Wildman–Crippen LogP) is 1.85. The Hall–Kier alpha value is -1.40. The third-order valence-corrected chi connectivity index (χ3v) is 4.34. The first-order chi connectivity index (χ1) is 8.71. The summed E-state index contributed by atoms with van der Waals surface area (Å²) in [5, 5.41) is 8.86. The Morgan fingerprint density at radius 1 is 1.32 bits per heavy atom. The lowest BCUT2D eigenvalue weighted by Crippen LogP contribution is -2.36. The summed E-state index contributed by atoms with van der Waals surface area (Å²) in [6, 6.07) is 5.79. The monoisotopic (exact) mass is 285 g/mol. The molecule has 6 heteroatoms. The highest BCUT2D eigenvalue weighted by atomic mass is 32.2. The molecule has 0 radical (unpaired) electrons. The second-order valence-electron chi connectivity index (χ2n) is 4.92. The maximum Gasteiger partial charge on any atom is 0.335 e. The SMILES string of the molecule is CC(C)C(C)NS(=O)(=O)Cc1cccc(C(=O)O)c1. The van der Waals surface area contributed by atoms with Gasteiger partial charge in [-0.05, 0) is 30.5 Å². The fourth-order valence-electron chi connectivity index (χ4n) is 1.47. The molecule has 0 heterocycles. The van der Waals surface area contributed by atoms with E-state index >= 15 is 0 Å².